The summed E-state index contributed by atoms with van der Waals surface area (Å²) in [6.07, 6.45) is 3.11. The van der Waals surface area contributed by atoms with E-state index in [9.17, 15) is 14.4 Å². The molecule has 1 aromatic carbocycles. The number of amides is 1. The fourth-order valence-electron chi connectivity index (χ4n) is 5.09. The van der Waals surface area contributed by atoms with E-state index in [-0.39, 0.29) is 41.5 Å². The molecule has 2 fully saturated rings. The van der Waals surface area contributed by atoms with Crippen molar-refractivity contribution in [2.75, 3.05) is 27.4 Å². The van der Waals surface area contributed by atoms with E-state index in [1.54, 1.807) is 26.0 Å². The van der Waals surface area contributed by atoms with E-state index in [0.717, 1.165) is 18.4 Å². The highest BCUT2D eigenvalue weighted by Crippen LogP contribution is 2.53. The average Bonchev–Trinajstić information content (AvgIpc) is 3.25. The summed E-state index contributed by atoms with van der Waals surface area (Å²) in [5.41, 5.74) is 0.804. The van der Waals surface area contributed by atoms with Gasteiger partial charge in [0.1, 0.15) is 11.8 Å². The number of Topliss-reactive ketones (excluding diaryl/α,β-unsaturated/α-hetero) is 1. The largest absolute Gasteiger partial charge is 0.493 e. The zero-order chi connectivity index (χ0) is 23.5. The fraction of sp³-hybridized carbons (Fsp3) is 0.640. The zero-order valence-electron chi connectivity index (χ0n) is 19.8. The summed E-state index contributed by atoms with van der Waals surface area (Å²) < 4.78 is 16.1. The first-order valence-corrected chi connectivity index (χ1v) is 11.4. The number of benzene rings is 1. The fourth-order valence-corrected chi connectivity index (χ4v) is 5.09. The lowest BCUT2D eigenvalue weighted by Gasteiger charge is -2.51. The minimum Gasteiger partial charge on any atom is -0.493 e. The van der Waals surface area contributed by atoms with E-state index in [2.05, 4.69) is 13.8 Å². The zero-order valence-corrected chi connectivity index (χ0v) is 19.8. The van der Waals surface area contributed by atoms with Crippen LogP contribution in [0.4, 0.5) is 0 Å². The van der Waals surface area contributed by atoms with Gasteiger partial charge in [0.15, 0.2) is 11.5 Å². The predicted octanol–water partition coefficient (Wildman–Crippen LogP) is 3.42. The number of rotatable bonds is 9. The number of ether oxygens (including phenoxy) is 3. The van der Waals surface area contributed by atoms with Crippen LogP contribution < -0.4 is 9.47 Å². The van der Waals surface area contributed by atoms with Crippen molar-refractivity contribution in [2.24, 2.45) is 17.3 Å². The summed E-state index contributed by atoms with van der Waals surface area (Å²) in [5, 5.41) is 0. The van der Waals surface area contributed by atoms with E-state index < -0.39 is 6.04 Å². The second-order valence-electron chi connectivity index (χ2n) is 9.47. The van der Waals surface area contributed by atoms with E-state index >= 15 is 0 Å². The molecule has 0 unspecified atom stereocenters. The number of methoxy groups -OCH3 is 2. The van der Waals surface area contributed by atoms with E-state index in [1.165, 1.54) is 0 Å². The number of esters is 1. The smallest absolute Gasteiger partial charge is 0.328 e. The molecule has 3 rings (SSSR count). The summed E-state index contributed by atoms with van der Waals surface area (Å²) in [7, 11) is 3.17. The molecule has 0 bridgehead atoms. The topological polar surface area (TPSA) is 82.1 Å². The standard InChI is InChI=1S/C25H35NO6/c1-16(27)19-14-18(25(19,2)3)15-23(28)26-11-6-7-20(26)24(29)32-12-10-17-8-9-21(30-4)22(13-17)31-5/h8-9,13,18-20H,6-7,10-12,14-15H2,1-5H3/t18-,19+,20+/m1/s1. The molecule has 1 aliphatic carbocycles. The molecule has 7 nitrogen and oxygen atoms in total. The number of ketones is 1. The number of hydrogen-bond donors (Lipinski definition) is 0. The van der Waals surface area contributed by atoms with Crippen LogP contribution in [0.2, 0.25) is 0 Å². The predicted molar refractivity (Wildman–Crippen MR) is 120 cm³/mol. The van der Waals surface area contributed by atoms with Crippen LogP contribution in [0.5, 0.6) is 11.5 Å². The maximum atomic E-state index is 13.0. The van der Waals surface area contributed by atoms with Gasteiger partial charge in [0.05, 0.1) is 20.8 Å². The SMILES string of the molecule is COc1ccc(CCOC(=O)[C@@H]2CCCN2C(=O)C[C@H]2C[C@@H](C(C)=O)C2(C)C)cc1OC. The molecule has 0 aromatic heterocycles. The van der Waals surface area contributed by atoms with E-state index in [0.29, 0.717) is 37.3 Å². The number of carbonyl (C=O) groups is 3. The molecule has 32 heavy (non-hydrogen) atoms. The minimum atomic E-state index is -0.514. The molecule has 1 saturated carbocycles. The molecule has 1 aliphatic heterocycles. The van der Waals surface area contributed by atoms with Crippen molar-refractivity contribution in [2.45, 2.75) is 58.9 Å². The van der Waals surface area contributed by atoms with Crippen molar-refractivity contribution in [1.29, 1.82) is 0 Å². The van der Waals surface area contributed by atoms with Crippen molar-refractivity contribution in [1.82, 2.24) is 4.90 Å². The molecule has 3 atom stereocenters. The number of likely N-dealkylation sites (tertiary alicyclic amines) is 1. The Morgan fingerprint density at radius 2 is 1.84 bits per heavy atom. The summed E-state index contributed by atoms with van der Waals surface area (Å²) in [6.45, 7) is 6.56. The molecule has 0 radical (unpaired) electrons. The van der Waals surface area contributed by atoms with Crippen LogP contribution in [-0.4, -0.2) is 56.0 Å². The van der Waals surface area contributed by atoms with Crippen LogP contribution in [0.3, 0.4) is 0 Å². The van der Waals surface area contributed by atoms with E-state index in [1.807, 2.05) is 18.2 Å². The summed E-state index contributed by atoms with van der Waals surface area (Å²) >= 11 is 0. The number of carbonyl (C=O) groups excluding carboxylic acids is 3. The summed E-state index contributed by atoms with van der Waals surface area (Å²) in [5.74, 6) is 1.32. The first-order chi connectivity index (χ1) is 15.2. The molecule has 2 aliphatic rings. The molecule has 7 heteroatoms. The maximum absolute atomic E-state index is 13.0. The average molecular weight is 446 g/mol. The van der Waals surface area contributed by atoms with Gasteiger partial charge in [-0.2, -0.15) is 0 Å². The van der Waals surface area contributed by atoms with Gasteiger partial charge in [-0.1, -0.05) is 19.9 Å². The quantitative estimate of drug-likeness (QED) is 0.542. The van der Waals surface area contributed by atoms with Gasteiger partial charge < -0.3 is 19.1 Å². The van der Waals surface area contributed by atoms with Crippen molar-refractivity contribution >= 4 is 17.7 Å². The molecular weight excluding hydrogens is 410 g/mol. The van der Waals surface area contributed by atoms with Crippen LogP contribution in [-0.2, 0) is 25.5 Å². The molecule has 1 aromatic rings. The highest BCUT2D eigenvalue weighted by molar-refractivity contribution is 5.86. The lowest BCUT2D eigenvalue weighted by atomic mass is 9.52. The third kappa shape index (κ3) is 4.92. The molecule has 176 valence electrons. The van der Waals surface area contributed by atoms with Crippen molar-refractivity contribution in [3.8, 4) is 11.5 Å². The van der Waals surface area contributed by atoms with Gasteiger partial charge in [0.2, 0.25) is 5.91 Å². The summed E-state index contributed by atoms with van der Waals surface area (Å²) in [4.78, 5) is 39.1. The third-order valence-corrected chi connectivity index (χ3v) is 7.31. The molecule has 1 amide bonds. The Hall–Kier alpha value is -2.57. The van der Waals surface area contributed by atoms with Crippen LogP contribution >= 0.6 is 0 Å². The highest BCUT2D eigenvalue weighted by Gasteiger charge is 2.51. The third-order valence-electron chi connectivity index (χ3n) is 7.31. The van der Waals surface area contributed by atoms with Crippen LogP contribution in [0.25, 0.3) is 0 Å². The van der Waals surface area contributed by atoms with Gasteiger partial charge in [0.25, 0.3) is 0 Å². The molecular formula is C25H35NO6. The Balaban J connectivity index is 1.51. The highest BCUT2D eigenvalue weighted by atomic mass is 16.5. The monoisotopic (exact) mass is 445 g/mol. The van der Waals surface area contributed by atoms with Gasteiger partial charge in [-0.3, -0.25) is 9.59 Å². The van der Waals surface area contributed by atoms with E-state index in [4.69, 9.17) is 14.2 Å². The van der Waals surface area contributed by atoms with Gasteiger partial charge >= 0.3 is 5.97 Å². The van der Waals surface area contributed by atoms with Crippen LogP contribution in [0.15, 0.2) is 18.2 Å². The van der Waals surface area contributed by atoms with Crippen molar-refractivity contribution in [3.05, 3.63) is 23.8 Å². The second-order valence-corrected chi connectivity index (χ2v) is 9.47. The Morgan fingerprint density at radius 1 is 1.12 bits per heavy atom. The lowest BCUT2D eigenvalue weighted by Crippen LogP contribution is -2.51. The van der Waals surface area contributed by atoms with Gasteiger partial charge in [0, 0.05) is 25.3 Å². The molecule has 1 heterocycles. The first kappa shape index (κ1) is 24.1. The number of hydrogen-bond acceptors (Lipinski definition) is 6. The molecule has 0 N–H and O–H groups in total. The number of nitrogens with zero attached hydrogens (tertiary/aromatic N) is 1. The van der Waals surface area contributed by atoms with Crippen molar-refractivity contribution in [3.63, 3.8) is 0 Å². The Kier molecular flexibility index (Phi) is 7.47. The normalized spacial score (nSPS) is 23.9. The van der Waals surface area contributed by atoms with Crippen LogP contribution in [0.1, 0.15) is 52.0 Å². The van der Waals surface area contributed by atoms with Gasteiger partial charge in [-0.25, -0.2) is 4.79 Å². The van der Waals surface area contributed by atoms with Crippen molar-refractivity contribution < 1.29 is 28.6 Å². The Labute approximate surface area is 190 Å². The minimum absolute atomic E-state index is 0.00980. The van der Waals surface area contributed by atoms with Crippen LogP contribution in [0, 0.1) is 17.3 Å². The first-order valence-electron chi connectivity index (χ1n) is 11.4. The lowest BCUT2D eigenvalue weighted by molar-refractivity contribution is -0.155. The summed E-state index contributed by atoms with van der Waals surface area (Å²) in [6, 6.07) is 5.09. The van der Waals surface area contributed by atoms with Gasteiger partial charge in [-0.05, 0) is 55.2 Å². The Morgan fingerprint density at radius 3 is 2.47 bits per heavy atom. The maximum Gasteiger partial charge on any atom is 0.328 e. The second kappa shape index (κ2) is 9.92. The molecule has 1 saturated heterocycles. The van der Waals surface area contributed by atoms with Gasteiger partial charge in [-0.15, -0.1) is 0 Å². The molecule has 0 spiro atoms. The Bertz CT molecular complexity index is 864.